The van der Waals surface area contributed by atoms with Gasteiger partial charge in [0.2, 0.25) is 0 Å². The van der Waals surface area contributed by atoms with Crippen LogP contribution in [0.2, 0.25) is 0 Å². The normalized spacial score (nSPS) is 15.2. The second-order valence-corrected chi connectivity index (χ2v) is 8.02. The zero-order valence-electron chi connectivity index (χ0n) is 11.3. The van der Waals surface area contributed by atoms with Gasteiger partial charge in [0.1, 0.15) is 11.0 Å². The van der Waals surface area contributed by atoms with Crippen molar-refractivity contribution < 1.29 is 17.4 Å². The molecule has 0 amide bonds. The highest BCUT2D eigenvalue weighted by Gasteiger charge is 2.31. The Kier molecular flexibility index (Phi) is 5.54. The number of benzene rings is 1. The van der Waals surface area contributed by atoms with Crippen LogP contribution in [0.15, 0.2) is 33.1 Å². The van der Waals surface area contributed by atoms with Crippen LogP contribution < -0.4 is 0 Å². The van der Waals surface area contributed by atoms with Gasteiger partial charge in [0.15, 0.2) is 0 Å². The molecule has 1 aromatic carbocycles. The van der Waals surface area contributed by atoms with Gasteiger partial charge in [-0.3, -0.25) is 0 Å². The molecule has 112 valence electrons. The summed E-state index contributed by atoms with van der Waals surface area (Å²) in [4.78, 5) is 0. The Morgan fingerprint density at radius 2 is 1.90 bits per heavy atom. The van der Waals surface area contributed by atoms with Gasteiger partial charge in [0.05, 0.1) is 16.9 Å². The molecule has 0 saturated carbocycles. The second kappa shape index (κ2) is 6.39. The summed E-state index contributed by atoms with van der Waals surface area (Å²) in [5, 5.41) is 0. The van der Waals surface area contributed by atoms with Crippen LogP contribution in [-0.2, 0) is 11.0 Å². The zero-order chi connectivity index (χ0) is 15.6. The first-order valence-electron chi connectivity index (χ1n) is 5.81. The van der Waals surface area contributed by atoms with Crippen molar-refractivity contribution in [2.75, 3.05) is 0 Å². The van der Waals surface area contributed by atoms with E-state index in [0.717, 1.165) is 0 Å². The lowest BCUT2D eigenvalue weighted by Crippen LogP contribution is -2.23. The molecule has 20 heavy (non-hydrogen) atoms. The van der Waals surface area contributed by atoms with Crippen molar-refractivity contribution in [3.8, 4) is 0 Å². The van der Waals surface area contributed by atoms with Crippen LogP contribution in [0.25, 0.3) is 0 Å². The van der Waals surface area contributed by atoms with E-state index in [2.05, 4.69) is 20.3 Å². The van der Waals surface area contributed by atoms with E-state index >= 15 is 0 Å². The van der Waals surface area contributed by atoms with E-state index in [4.69, 9.17) is 0 Å². The highest BCUT2D eigenvalue weighted by molar-refractivity contribution is 9.10. The minimum atomic E-state index is -4.40. The Morgan fingerprint density at radius 3 is 2.35 bits per heavy atom. The molecule has 0 aliphatic carbocycles. The average molecular weight is 370 g/mol. The summed E-state index contributed by atoms with van der Waals surface area (Å²) in [6.45, 7) is 5.00. The van der Waals surface area contributed by atoms with Crippen LogP contribution in [0.3, 0.4) is 0 Å². The smallest absolute Gasteiger partial charge is 0.234 e. The summed E-state index contributed by atoms with van der Waals surface area (Å²) in [6, 6.07) is 6.38. The van der Waals surface area contributed by atoms with E-state index in [9.17, 15) is 17.4 Å². The number of halogens is 4. The predicted octanol–water partition coefficient (Wildman–Crippen LogP) is 4.65. The molecule has 0 spiro atoms. The average Bonchev–Trinajstić information content (AvgIpc) is 2.25. The number of hydrogen-bond acceptors (Lipinski definition) is 1. The lowest BCUT2D eigenvalue weighted by Gasteiger charge is -2.16. The lowest BCUT2D eigenvalue weighted by atomic mass is 10.1. The molecule has 2 nitrogen and oxygen atoms in total. The molecule has 1 rings (SSSR count). The minimum absolute atomic E-state index is 0.216. The van der Waals surface area contributed by atoms with Crippen molar-refractivity contribution in [2.45, 2.75) is 38.1 Å². The molecule has 7 heteroatoms. The summed E-state index contributed by atoms with van der Waals surface area (Å²) in [7, 11) is -1.74. The standard InChI is InChI=1S/C13H15BrF3NOS/c1-12(2,3)20(19)18-11(8-13(15,16)17)9-5-4-6-10(14)7-9/h4-7H,8H2,1-3H3. The van der Waals surface area contributed by atoms with E-state index < -0.39 is 28.3 Å². The van der Waals surface area contributed by atoms with Crippen molar-refractivity contribution in [2.24, 2.45) is 4.40 Å². The molecule has 0 fully saturated rings. The molecular formula is C13H15BrF3NOS. The van der Waals surface area contributed by atoms with Gasteiger partial charge in [-0.15, -0.1) is 0 Å². The summed E-state index contributed by atoms with van der Waals surface area (Å²) in [5.74, 6) is 0. The molecule has 1 atom stereocenters. The van der Waals surface area contributed by atoms with Crippen LogP contribution in [0.5, 0.6) is 0 Å². The van der Waals surface area contributed by atoms with Crippen LogP contribution >= 0.6 is 15.9 Å². The first kappa shape index (κ1) is 17.4. The van der Waals surface area contributed by atoms with E-state index in [1.165, 1.54) is 12.1 Å². The first-order valence-corrected chi connectivity index (χ1v) is 7.71. The highest BCUT2D eigenvalue weighted by Crippen LogP contribution is 2.25. The number of hydrogen-bond donors (Lipinski definition) is 0. The number of alkyl halides is 3. The fourth-order valence-electron chi connectivity index (χ4n) is 1.28. The predicted molar refractivity (Wildman–Crippen MR) is 79.2 cm³/mol. The van der Waals surface area contributed by atoms with Crippen LogP contribution in [0.4, 0.5) is 13.2 Å². The van der Waals surface area contributed by atoms with E-state index in [1.807, 2.05) is 0 Å². The van der Waals surface area contributed by atoms with E-state index in [1.54, 1.807) is 32.9 Å². The molecule has 0 radical (unpaired) electrons. The van der Waals surface area contributed by atoms with Crippen molar-refractivity contribution in [1.82, 2.24) is 0 Å². The largest absolute Gasteiger partial charge is 0.394 e. The van der Waals surface area contributed by atoms with E-state index in [0.29, 0.717) is 10.0 Å². The topological polar surface area (TPSA) is 29.4 Å². The van der Waals surface area contributed by atoms with Crippen molar-refractivity contribution >= 4 is 32.6 Å². The summed E-state index contributed by atoms with van der Waals surface area (Å²) in [6.07, 6.45) is -5.60. The fourth-order valence-corrected chi connectivity index (χ4v) is 2.33. The lowest BCUT2D eigenvalue weighted by molar-refractivity contribution is -0.121. The van der Waals surface area contributed by atoms with Gasteiger partial charge in [0, 0.05) is 4.47 Å². The van der Waals surface area contributed by atoms with Gasteiger partial charge in [-0.25, -0.2) is 4.21 Å². The number of nitrogens with zero attached hydrogens (tertiary/aromatic N) is 1. The van der Waals surface area contributed by atoms with E-state index in [-0.39, 0.29) is 5.71 Å². The van der Waals surface area contributed by atoms with Crippen LogP contribution in [-0.4, -0.2) is 20.8 Å². The molecule has 1 unspecified atom stereocenters. The molecular weight excluding hydrogens is 355 g/mol. The molecule has 1 aromatic rings. The molecule has 0 bridgehead atoms. The van der Waals surface area contributed by atoms with Crippen LogP contribution in [0, 0.1) is 0 Å². The van der Waals surface area contributed by atoms with Gasteiger partial charge >= 0.3 is 6.18 Å². The van der Waals surface area contributed by atoms with Gasteiger partial charge in [0.25, 0.3) is 0 Å². The quantitative estimate of drug-likeness (QED) is 0.712. The summed E-state index contributed by atoms with van der Waals surface area (Å²) >= 11 is 3.20. The van der Waals surface area contributed by atoms with Gasteiger partial charge in [-0.2, -0.15) is 17.6 Å². The zero-order valence-corrected chi connectivity index (χ0v) is 13.7. The molecule has 0 aromatic heterocycles. The third kappa shape index (κ3) is 5.75. The van der Waals surface area contributed by atoms with Gasteiger partial charge in [-0.05, 0) is 38.5 Å². The molecule has 0 heterocycles. The second-order valence-electron chi connectivity index (χ2n) is 5.20. The molecule has 0 aliphatic heterocycles. The summed E-state index contributed by atoms with van der Waals surface area (Å²) < 4.78 is 53.6. The summed E-state index contributed by atoms with van der Waals surface area (Å²) in [5.41, 5.74) is 0.0985. The maximum absolute atomic E-state index is 12.6. The van der Waals surface area contributed by atoms with Crippen LogP contribution in [0.1, 0.15) is 32.8 Å². The SMILES string of the molecule is CC(C)(C)S(=O)N=C(CC(F)(F)F)c1cccc(Br)c1. The highest BCUT2D eigenvalue weighted by atomic mass is 79.9. The Balaban J connectivity index is 3.22. The minimum Gasteiger partial charge on any atom is -0.234 e. The molecule has 0 aliphatic rings. The molecule has 0 N–H and O–H groups in total. The fraction of sp³-hybridized carbons (Fsp3) is 0.462. The third-order valence-corrected chi connectivity index (χ3v) is 4.17. The monoisotopic (exact) mass is 369 g/mol. The Hall–Kier alpha value is -0.690. The Labute approximate surface area is 127 Å². The van der Waals surface area contributed by atoms with Gasteiger partial charge in [-0.1, -0.05) is 28.1 Å². The maximum Gasteiger partial charge on any atom is 0.394 e. The molecule has 0 saturated heterocycles. The Morgan fingerprint density at radius 1 is 1.30 bits per heavy atom. The Bertz CT molecular complexity index is 535. The first-order chi connectivity index (χ1) is 8.99. The number of rotatable bonds is 3. The van der Waals surface area contributed by atoms with Crippen molar-refractivity contribution in [3.63, 3.8) is 0 Å². The van der Waals surface area contributed by atoms with Crippen molar-refractivity contribution in [3.05, 3.63) is 34.3 Å². The van der Waals surface area contributed by atoms with Gasteiger partial charge < -0.3 is 0 Å². The van der Waals surface area contributed by atoms with Crippen molar-refractivity contribution in [1.29, 1.82) is 0 Å². The third-order valence-electron chi connectivity index (χ3n) is 2.24. The maximum atomic E-state index is 12.6.